The third kappa shape index (κ3) is 4.33. The van der Waals surface area contributed by atoms with Gasteiger partial charge in [0.2, 0.25) is 0 Å². The molecule has 0 radical (unpaired) electrons. The second kappa shape index (κ2) is 9.02. The molecule has 34 heavy (non-hydrogen) atoms. The fourth-order valence-electron chi connectivity index (χ4n) is 3.72. The molecule has 1 saturated carbocycles. The number of nitrogens with zero attached hydrogens (tertiary/aromatic N) is 1. The molecule has 2 aromatic carbocycles. The Hall–Kier alpha value is -3.52. The van der Waals surface area contributed by atoms with Crippen molar-refractivity contribution in [1.82, 2.24) is 9.97 Å². The lowest BCUT2D eigenvalue weighted by atomic mass is 10.0. The molecule has 2 aromatic heterocycles. The van der Waals surface area contributed by atoms with Crippen molar-refractivity contribution in [3.05, 3.63) is 76.3 Å². The first-order valence-corrected chi connectivity index (χ1v) is 11.0. The van der Waals surface area contributed by atoms with Gasteiger partial charge in [-0.15, -0.1) is 0 Å². The average molecular weight is 487 g/mol. The van der Waals surface area contributed by atoms with E-state index in [4.69, 9.17) is 21.1 Å². The first kappa shape index (κ1) is 22.3. The molecule has 1 fully saturated rings. The average Bonchev–Trinajstić information content (AvgIpc) is 3.55. The monoisotopic (exact) mass is 486 g/mol. The number of carbonyl (C=O) groups excluding carboxylic acids is 1. The van der Waals surface area contributed by atoms with Crippen LogP contribution in [0, 0.1) is 23.4 Å². The second-order valence-electron chi connectivity index (χ2n) is 8.12. The maximum Gasteiger partial charge on any atom is 0.172 e. The highest BCUT2D eigenvalue weighted by molar-refractivity contribution is 6.31. The van der Waals surface area contributed by atoms with Crippen molar-refractivity contribution in [2.45, 2.75) is 19.4 Å². The molecular formula is C25H18ClF3N2O3. The van der Waals surface area contributed by atoms with Gasteiger partial charge in [-0.1, -0.05) is 11.6 Å². The number of H-pyrrole nitrogens is 1. The van der Waals surface area contributed by atoms with Crippen LogP contribution in [-0.2, 0) is 6.61 Å². The van der Waals surface area contributed by atoms with E-state index < -0.39 is 29.6 Å². The second-order valence-corrected chi connectivity index (χ2v) is 8.56. The molecule has 0 unspecified atom stereocenters. The zero-order chi connectivity index (χ0) is 23.8. The van der Waals surface area contributed by atoms with Gasteiger partial charge in [0.25, 0.3) is 0 Å². The Kier molecular flexibility index (Phi) is 5.91. The minimum atomic E-state index is -1.07. The van der Waals surface area contributed by atoms with Crippen LogP contribution in [0.15, 0.2) is 42.7 Å². The molecule has 1 aliphatic rings. The Balaban J connectivity index is 1.63. The van der Waals surface area contributed by atoms with Gasteiger partial charge >= 0.3 is 0 Å². The third-order valence-corrected chi connectivity index (χ3v) is 5.89. The van der Waals surface area contributed by atoms with Gasteiger partial charge in [0.15, 0.2) is 17.8 Å². The number of benzene rings is 2. The molecular weight excluding hydrogens is 469 g/mol. The number of aromatic amines is 1. The van der Waals surface area contributed by atoms with Crippen LogP contribution in [0.1, 0.15) is 28.8 Å². The lowest BCUT2D eigenvalue weighted by Crippen LogP contribution is -2.08. The first-order valence-electron chi connectivity index (χ1n) is 10.6. The SMILES string of the molecule is O=Cc1ccc(-c2c[nH]c3ncc(Cl)cc23)c(OCc2c(F)cc(F)cc2F)c1OCC1CC1. The molecule has 5 rings (SSSR count). The predicted molar refractivity (Wildman–Crippen MR) is 121 cm³/mol. The Labute approximate surface area is 197 Å². The molecule has 2 heterocycles. The molecule has 1 N–H and O–H groups in total. The number of fused-ring (bicyclic) bond motifs is 1. The smallest absolute Gasteiger partial charge is 0.172 e. The maximum absolute atomic E-state index is 14.3. The molecule has 0 bridgehead atoms. The standard InChI is InChI=1S/C25H18ClF3N2O3/c26-15-5-18-19(9-31-25(18)30-8-15)17-4-3-14(10-32)23(33-11-13-1-2-13)24(17)34-12-20-21(28)6-16(27)7-22(20)29/h3-10,13H,1-2,11-12H2,(H,30,31). The summed E-state index contributed by atoms with van der Waals surface area (Å²) in [4.78, 5) is 19.1. The van der Waals surface area contributed by atoms with E-state index in [1.54, 1.807) is 24.4 Å². The summed E-state index contributed by atoms with van der Waals surface area (Å²) in [6.07, 6.45) is 5.86. The molecule has 174 valence electrons. The topological polar surface area (TPSA) is 64.2 Å². The largest absolute Gasteiger partial charge is 0.489 e. The number of hydrogen-bond donors (Lipinski definition) is 1. The fraction of sp³-hybridized carbons (Fsp3) is 0.200. The number of ether oxygens (including phenoxy) is 2. The lowest BCUT2D eigenvalue weighted by molar-refractivity contribution is 0.111. The highest BCUT2D eigenvalue weighted by atomic mass is 35.5. The summed E-state index contributed by atoms with van der Waals surface area (Å²) >= 11 is 6.14. The molecule has 9 heteroatoms. The molecule has 0 spiro atoms. The van der Waals surface area contributed by atoms with E-state index in [9.17, 15) is 18.0 Å². The summed E-state index contributed by atoms with van der Waals surface area (Å²) in [7, 11) is 0. The van der Waals surface area contributed by atoms with Gasteiger partial charge in [0.05, 0.1) is 22.8 Å². The van der Waals surface area contributed by atoms with Crippen molar-refractivity contribution in [3.63, 3.8) is 0 Å². The van der Waals surface area contributed by atoms with E-state index in [-0.39, 0.29) is 17.1 Å². The minimum Gasteiger partial charge on any atom is -0.489 e. The van der Waals surface area contributed by atoms with Crippen LogP contribution in [0.2, 0.25) is 5.02 Å². The number of aldehydes is 1. The summed E-state index contributed by atoms with van der Waals surface area (Å²) in [6, 6.07) is 6.14. The van der Waals surface area contributed by atoms with Crippen molar-refractivity contribution in [2.24, 2.45) is 5.92 Å². The highest BCUT2D eigenvalue weighted by Crippen LogP contribution is 2.44. The molecule has 0 amide bonds. The van der Waals surface area contributed by atoms with E-state index in [1.165, 1.54) is 6.20 Å². The number of rotatable bonds is 8. The van der Waals surface area contributed by atoms with Gasteiger partial charge in [-0.2, -0.15) is 0 Å². The number of halogens is 4. The van der Waals surface area contributed by atoms with Crippen molar-refractivity contribution < 1.29 is 27.4 Å². The Bertz CT molecular complexity index is 1380. The van der Waals surface area contributed by atoms with Crippen molar-refractivity contribution in [3.8, 4) is 22.6 Å². The quantitative estimate of drug-likeness (QED) is 0.289. The molecule has 4 aromatic rings. The van der Waals surface area contributed by atoms with Crippen molar-refractivity contribution >= 4 is 28.9 Å². The first-order chi connectivity index (χ1) is 16.4. The zero-order valence-electron chi connectivity index (χ0n) is 17.7. The summed E-state index contributed by atoms with van der Waals surface area (Å²) in [5, 5.41) is 1.10. The molecule has 1 aliphatic carbocycles. The molecule has 0 saturated heterocycles. The maximum atomic E-state index is 14.3. The number of carbonyl (C=O) groups is 1. The normalized spacial score (nSPS) is 13.3. The van der Waals surface area contributed by atoms with E-state index in [0.717, 1.165) is 12.8 Å². The van der Waals surface area contributed by atoms with E-state index in [2.05, 4.69) is 9.97 Å². The Morgan fingerprint density at radius 3 is 2.53 bits per heavy atom. The number of aromatic nitrogens is 2. The summed E-state index contributed by atoms with van der Waals surface area (Å²) in [5.74, 6) is -2.50. The third-order valence-electron chi connectivity index (χ3n) is 5.68. The van der Waals surface area contributed by atoms with Crippen molar-refractivity contribution in [2.75, 3.05) is 6.61 Å². The summed E-state index contributed by atoms with van der Waals surface area (Å²) in [5.41, 5.74) is 1.51. The van der Waals surface area contributed by atoms with Gasteiger partial charge in [-0.05, 0) is 37.0 Å². The van der Waals surface area contributed by atoms with Gasteiger partial charge in [-0.3, -0.25) is 4.79 Å². The van der Waals surface area contributed by atoms with Gasteiger partial charge in [-0.25, -0.2) is 18.2 Å². The minimum absolute atomic E-state index is 0.134. The van der Waals surface area contributed by atoms with E-state index in [1.807, 2.05) is 0 Å². The molecule has 5 nitrogen and oxygen atoms in total. The summed E-state index contributed by atoms with van der Waals surface area (Å²) in [6.45, 7) is -0.171. The fourth-order valence-corrected chi connectivity index (χ4v) is 3.87. The van der Waals surface area contributed by atoms with Crippen molar-refractivity contribution in [1.29, 1.82) is 0 Å². The number of nitrogens with one attached hydrogen (secondary N) is 1. The lowest BCUT2D eigenvalue weighted by Gasteiger charge is -2.18. The summed E-state index contributed by atoms with van der Waals surface area (Å²) < 4.78 is 53.8. The number of pyridine rings is 1. The van der Waals surface area contributed by atoms with Crippen LogP contribution < -0.4 is 9.47 Å². The van der Waals surface area contributed by atoms with Crippen LogP contribution in [0.25, 0.3) is 22.2 Å². The molecule has 0 atom stereocenters. The van der Waals surface area contributed by atoms with Crippen LogP contribution in [0.3, 0.4) is 0 Å². The van der Waals surface area contributed by atoms with Gasteiger partial charge < -0.3 is 14.5 Å². The van der Waals surface area contributed by atoms with Crippen LogP contribution in [-0.4, -0.2) is 22.9 Å². The zero-order valence-corrected chi connectivity index (χ0v) is 18.5. The molecule has 0 aliphatic heterocycles. The number of hydrogen-bond acceptors (Lipinski definition) is 4. The Morgan fingerprint density at radius 2 is 1.82 bits per heavy atom. The van der Waals surface area contributed by atoms with Crippen LogP contribution in [0.4, 0.5) is 13.2 Å². The van der Waals surface area contributed by atoms with Crippen LogP contribution >= 0.6 is 11.6 Å². The Morgan fingerprint density at radius 1 is 1.06 bits per heavy atom. The van der Waals surface area contributed by atoms with E-state index in [0.29, 0.717) is 58.1 Å². The predicted octanol–water partition coefficient (Wildman–Crippen LogP) is 6.48. The van der Waals surface area contributed by atoms with Gasteiger partial charge in [0.1, 0.15) is 29.7 Å². The highest BCUT2D eigenvalue weighted by Gasteiger charge is 2.26. The van der Waals surface area contributed by atoms with Crippen LogP contribution in [0.5, 0.6) is 11.5 Å². The van der Waals surface area contributed by atoms with Gasteiger partial charge in [0, 0.05) is 41.0 Å². The van der Waals surface area contributed by atoms with E-state index >= 15 is 0 Å².